The van der Waals surface area contributed by atoms with Crippen LogP contribution < -0.4 is 0 Å². The Labute approximate surface area is 129 Å². The molecule has 1 heterocycles. The molecule has 0 atom stereocenters. The van der Waals surface area contributed by atoms with Crippen molar-refractivity contribution in [1.29, 1.82) is 0 Å². The number of hydrogen-bond donors (Lipinski definition) is 1. The number of thiol groups is 1. The summed E-state index contributed by atoms with van der Waals surface area (Å²) in [6.45, 7) is 2.02. The van der Waals surface area contributed by atoms with Gasteiger partial charge in [0.2, 0.25) is 0 Å². The van der Waals surface area contributed by atoms with Crippen molar-refractivity contribution in [3.8, 4) is 11.3 Å². The molecule has 0 aliphatic carbocycles. The first-order valence-electron chi connectivity index (χ1n) is 6.36. The Morgan fingerprint density at radius 3 is 2.38 bits per heavy atom. The first-order valence-corrected chi connectivity index (χ1v) is 7.92. The van der Waals surface area contributed by atoms with Crippen LogP contribution in [-0.2, 0) is 10.7 Å². The smallest absolute Gasteiger partial charge is 0.168 e. The van der Waals surface area contributed by atoms with Crippen molar-refractivity contribution in [3.05, 3.63) is 59.1 Å². The van der Waals surface area contributed by atoms with E-state index >= 15 is 0 Å². The summed E-state index contributed by atoms with van der Waals surface area (Å²) in [6, 6.07) is 14.5. The van der Waals surface area contributed by atoms with Gasteiger partial charge in [0.25, 0.3) is 0 Å². The zero-order chi connectivity index (χ0) is 15.0. The number of aryl methyl sites for hydroxylation is 1. The van der Waals surface area contributed by atoms with Crippen molar-refractivity contribution in [2.75, 3.05) is 0 Å². The molecular formula is C16H12ClNO2S. The standard InChI is InChI=1S/C16H12ClNO2S/c1-10-2-4-11(5-3-10)16-9-14(17)13-8-12(21(19)20)6-7-15(13)18-16/h2-9,21H,1H3. The summed E-state index contributed by atoms with van der Waals surface area (Å²) in [5.41, 5.74) is 3.60. The highest BCUT2D eigenvalue weighted by Crippen LogP contribution is 2.29. The molecule has 0 fully saturated rings. The summed E-state index contributed by atoms with van der Waals surface area (Å²) >= 11 is 6.28. The van der Waals surface area contributed by atoms with Gasteiger partial charge < -0.3 is 0 Å². The van der Waals surface area contributed by atoms with Crippen LogP contribution in [0, 0.1) is 6.92 Å². The first-order chi connectivity index (χ1) is 10.0. The zero-order valence-corrected chi connectivity index (χ0v) is 12.9. The SMILES string of the molecule is Cc1ccc(-c2cc(Cl)c3cc([SH](=O)=O)ccc3n2)cc1. The highest BCUT2D eigenvalue weighted by atomic mass is 35.5. The molecule has 0 saturated heterocycles. The Balaban J connectivity index is 2.19. The van der Waals surface area contributed by atoms with Crippen LogP contribution in [0.3, 0.4) is 0 Å². The highest BCUT2D eigenvalue weighted by molar-refractivity contribution is 7.72. The normalized spacial score (nSPS) is 11.2. The maximum absolute atomic E-state index is 11.0. The second-order valence-corrected chi connectivity index (χ2v) is 6.25. The molecule has 0 N–H and O–H groups in total. The molecule has 21 heavy (non-hydrogen) atoms. The molecule has 0 bridgehead atoms. The van der Waals surface area contributed by atoms with E-state index in [0.717, 1.165) is 11.3 Å². The third-order valence-electron chi connectivity index (χ3n) is 3.30. The number of fused-ring (bicyclic) bond motifs is 1. The van der Waals surface area contributed by atoms with Crippen molar-refractivity contribution >= 4 is 33.2 Å². The Morgan fingerprint density at radius 2 is 1.71 bits per heavy atom. The largest absolute Gasteiger partial charge is 0.248 e. The summed E-state index contributed by atoms with van der Waals surface area (Å²) < 4.78 is 22.1. The molecule has 0 spiro atoms. The van der Waals surface area contributed by atoms with E-state index in [4.69, 9.17) is 11.6 Å². The molecule has 5 heteroatoms. The van der Waals surface area contributed by atoms with Gasteiger partial charge in [-0.2, -0.15) is 0 Å². The summed E-state index contributed by atoms with van der Waals surface area (Å²) in [5, 5.41) is 1.14. The lowest BCUT2D eigenvalue weighted by Crippen LogP contribution is -1.89. The van der Waals surface area contributed by atoms with E-state index in [1.165, 1.54) is 11.6 Å². The van der Waals surface area contributed by atoms with Gasteiger partial charge in [-0.05, 0) is 31.2 Å². The Kier molecular flexibility index (Phi) is 3.66. The molecule has 0 amide bonds. The topological polar surface area (TPSA) is 47.0 Å². The number of benzene rings is 2. The zero-order valence-electron chi connectivity index (χ0n) is 11.2. The average Bonchev–Trinajstić information content (AvgIpc) is 2.47. The highest BCUT2D eigenvalue weighted by Gasteiger charge is 2.08. The number of hydrogen-bond acceptors (Lipinski definition) is 3. The van der Waals surface area contributed by atoms with Gasteiger partial charge in [-0.25, -0.2) is 13.4 Å². The predicted octanol–water partition coefficient (Wildman–Crippen LogP) is 3.83. The van der Waals surface area contributed by atoms with Gasteiger partial charge in [-0.3, -0.25) is 0 Å². The average molecular weight is 318 g/mol. The fourth-order valence-corrected chi connectivity index (χ4v) is 2.84. The quantitative estimate of drug-likeness (QED) is 0.731. The van der Waals surface area contributed by atoms with Gasteiger partial charge in [0.05, 0.1) is 21.1 Å². The van der Waals surface area contributed by atoms with E-state index in [1.807, 2.05) is 31.2 Å². The molecule has 0 saturated carbocycles. The van der Waals surface area contributed by atoms with Gasteiger partial charge >= 0.3 is 0 Å². The molecule has 3 aromatic rings. The second-order valence-electron chi connectivity index (χ2n) is 4.81. The molecular weight excluding hydrogens is 306 g/mol. The molecule has 3 nitrogen and oxygen atoms in total. The van der Waals surface area contributed by atoms with Crippen molar-refractivity contribution < 1.29 is 8.42 Å². The fraction of sp³-hybridized carbons (Fsp3) is 0.0625. The second kappa shape index (κ2) is 5.47. The molecule has 0 radical (unpaired) electrons. The van der Waals surface area contributed by atoms with Gasteiger partial charge in [0.15, 0.2) is 10.7 Å². The van der Waals surface area contributed by atoms with Crippen LogP contribution >= 0.6 is 11.6 Å². The van der Waals surface area contributed by atoms with Gasteiger partial charge in [0, 0.05) is 10.9 Å². The number of pyridine rings is 1. The fourth-order valence-electron chi connectivity index (χ4n) is 2.16. The number of nitrogens with zero attached hydrogens (tertiary/aromatic N) is 1. The number of aromatic nitrogens is 1. The van der Waals surface area contributed by atoms with E-state index in [9.17, 15) is 8.42 Å². The van der Waals surface area contributed by atoms with Crippen LogP contribution in [0.2, 0.25) is 5.02 Å². The van der Waals surface area contributed by atoms with Gasteiger partial charge in [0.1, 0.15) is 0 Å². The Bertz CT molecular complexity index is 894. The minimum atomic E-state index is -2.62. The van der Waals surface area contributed by atoms with Crippen LogP contribution in [0.5, 0.6) is 0 Å². The lowest BCUT2D eigenvalue weighted by Gasteiger charge is -2.06. The molecule has 0 aliphatic heterocycles. The van der Waals surface area contributed by atoms with Crippen LogP contribution in [0.25, 0.3) is 22.2 Å². The van der Waals surface area contributed by atoms with Crippen molar-refractivity contribution in [2.24, 2.45) is 0 Å². The summed E-state index contributed by atoms with van der Waals surface area (Å²) in [7, 11) is -2.62. The first kappa shape index (κ1) is 14.0. The van der Waals surface area contributed by atoms with E-state index in [-0.39, 0.29) is 4.90 Å². The lowest BCUT2D eigenvalue weighted by atomic mass is 10.1. The van der Waals surface area contributed by atoms with E-state index in [2.05, 4.69) is 4.98 Å². The monoisotopic (exact) mass is 317 g/mol. The minimum Gasteiger partial charge on any atom is -0.248 e. The molecule has 1 aromatic heterocycles. The van der Waals surface area contributed by atoms with Gasteiger partial charge in [-0.15, -0.1) is 0 Å². The van der Waals surface area contributed by atoms with Crippen LogP contribution in [-0.4, -0.2) is 13.4 Å². The summed E-state index contributed by atoms with van der Waals surface area (Å²) in [4.78, 5) is 4.80. The van der Waals surface area contributed by atoms with Crippen molar-refractivity contribution in [3.63, 3.8) is 0 Å². The maximum atomic E-state index is 11.0. The predicted molar refractivity (Wildman–Crippen MR) is 85.5 cm³/mol. The van der Waals surface area contributed by atoms with Crippen LogP contribution in [0.15, 0.2) is 53.4 Å². The van der Waals surface area contributed by atoms with Crippen molar-refractivity contribution in [1.82, 2.24) is 4.98 Å². The van der Waals surface area contributed by atoms with Crippen LogP contribution in [0.1, 0.15) is 5.56 Å². The van der Waals surface area contributed by atoms with E-state index < -0.39 is 10.7 Å². The molecule has 0 unspecified atom stereocenters. The summed E-state index contributed by atoms with van der Waals surface area (Å²) in [6.07, 6.45) is 0. The molecule has 3 rings (SSSR count). The third kappa shape index (κ3) is 2.77. The molecule has 106 valence electrons. The minimum absolute atomic E-state index is 0.240. The Morgan fingerprint density at radius 1 is 1.00 bits per heavy atom. The van der Waals surface area contributed by atoms with Crippen molar-refractivity contribution in [2.45, 2.75) is 11.8 Å². The molecule has 2 aromatic carbocycles. The number of rotatable bonds is 2. The maximum Gasteiger partial charge on any atom is 0.168 e. The summed E-state index contributed by atoms with van der Waals surface area (Å²) in [5.74, 6) is 0. The lowest BCUT2D eigenvalue weighted by molar-refractivity contribution is 0.614. The number of halogens is 1. The van der Waals surface area contributed by atoms with Crippen LogP contribution in [0.4, 0.5) is 0 Å². The van der Waals surface area contributed by atoms with E-state index in [1.54, 1.807) is 18.2 Å². The van der Waals surface area contributed by atoms with E-state index in [0.29, 0.717) is 15.9 Å². The molecule has 0 aliphatic rings. The Hall–Kier alpha value is -1.91. The van der Waals surface area contributed by atoms with Gasteiger partial charge in [-0.1, -0.05) is 41.4 Å². The third-order valence-corrected chi connectivity index (χ3v) is 4.31.